The predicted molar refractivity (Wildman–Crippen MR) is 96.0 cm³/mol. The van der Waals surface area contributed by atoms with E-state index in [4.69, 9.17) is 5.73 Å². The Morgan fingerprint density at radius 3 is 2.54 bits per heavy atom. The van der Waals surface area contributed by atoms with Crippen LogP contribution >= 0.6 is 11.3 Å². The number of nitrogens with one attached hydrogen (secondary N) is 1. The molecular weight excluding hydrogens is 322 g/mol. The maximum Gasteiger partial charge on any atom is 0.263 e. The molecule has 0 saturated carbocycles. The molecule has 2 unspecified atom stereocenters. The summed E-state index contributed by atoms with van der Waals surface area (Å²) in [5.41, 5.74) is 7.24. The molecule has 2 aromatic rings. The van der Waals surface area contributed by atoms with Crippen molar-refractivity contribution >= 4 is 23.2 Å². The van der Waals surface area contributed by atoms with Crippen LogP contribution in [0.15, 0.2) is 30.3 Å². The standard InChI is InChI=1S/C18H23N3O2S/c1-4-11(2)15(17(19)22)21-18(23)16-12(3)20-14(24-16)10-13-8-6-5-7-9-13/h5-9,11,15H,4,10H2,1-3H3,(H2,19,22)(H,21,23). The van der Waals surface area contributed by atoms with Gasteiger partial charge < -0.3 is 11.1 Å². The molecule has 1 aromatic heterocycles. The largest absolute Gasteiger partial charge is 0.368 e. The smallest absolute Gasteiger partial charge is 0.263 e. The molecule has 1 heterocycles. The summed E-state index contributed by atoms with van der Waals surface area (Å²) in [4.78, 5) is 29.1. The van der Waals surface area contributed by atoms with Gasteiger partial charge in [0.1, 0.15) is 10.9 Å². The van der Waals surface area contributed by atoms with Gasteiger partial charge in [-0.05, 0) is 18.4 Å². The number of rotatable bonds is 7. The van der Waals surface area contributed by atoms with E-state index in [1.165, 1.54) is 11.3 Å². The van der Waals surface area contributed by atoms with Crippen LogP contribution in [0.1, 0.15) is 46.2 Å². The van der Waals surface area contributed by atoms with Crippen molar-refractivity contribution in [2.45, 2.75) is 39.7 Å². The molecular formula is C18H23N3O2S. The maximum atomic E-state index is 12.5. The topological polar surface area (TPSA) is 85.1 Å². The van der Waals surface area contributed by atoms with Gasteiger partial charge in [-0.15, -0.1) is 11.3 Å². The molecule has 128 valence electrons. The Labute approximate surface area is 146 Å². The van der Waals surface area contributed by atoms with Crippen molar-refractivity contribution in [3.8, 4) is 0 Å². The fourth-order valence-corrected chi connectivity index (χ4v) is 3.45. The minimum atomic E-state index is -0.665. The summed E-state index contributed by atoms with van der Waals surface area (Å²) in [5.74, 6) is -0.804. The highest BCUT2D eigenvalue weighted by Crippen LogP contribution is 2.21. The highest BCUT2D eigenvalue weighted by Gasteiger charge is 2.26. The van der Waals surface area contributed by atoms with Gasteiger partial charge in [0, 0.05) is 6.42 Å². The molecule has 2 atom stereocenters. The van der Waals surface area contributed by atoms with E-state index >= 15 is 0 Å². The first-order valence-corrected chi connectivity index (χ1v) is 8.84. The second-order valence-corrected chi connectivity index (χ2v) is 7.01. The highest BCUT2D eigenvalue weighted by atomic mass is 32.1. The van der Waals surface area contributed by atoms with Crippen LogP contribution in [-0.4, -0.2) is 22.8 Å². The van der Waals surface area contributed by atoms with Crippen molar-refractivity contribution in [2.75, 3.05) is 0 Å². The van der Waals surface area contributed by atoms with Gasteiger partial charge in [0.25, 0.3) is 5.91 Å². The number of aromatic nitrogens is 1. The monoisotopic (exact) mass is 345 g/mol. The molecule has 6 heteroatoms. The van der Waals surface area contributed by atoms with E-state index in [2.05, 4.69) is 10.3 Å². The van der Waals surface area contributed by atoms with Crippen LogP contribution in [0.3, 0.4) is 0 Å². The van der Waals surface area contributed by atoms with Gasteiger partial charge in [0.15, 0.2) is 0 Å². The molecule has 0 bridgehead atoms. The van der Waals surface area contributed by atoms with Crippen molar-refractivity contribution < 1.29 is 9.59 Å². The number of carbonyl (C=O) groups excluding carboxylic acids is 2. The van der Waals surface area contributed by atoms with E-state index < -0.39 is 11.9 Å². The Hall–Kier alpha value is -2.21. The SMILES string of the molecule is CCC(C)C(NC(=O)c1sc(Cc2ccccc2)nc1C)C(N)=O. The number of amides is 2. The van der Waals surface area contributed by atoms with Gasteiger partial charge in [-0.25, -0.2) is 4.98 Å². The molecule has 0 spiro atoms. The van der Waals surface area contributed by atoms with Crippen LogP contribution in [0.2, 0.25) is 0 Å². The van der Waals surface area contributed by atoms with Crippen LogP contribution in [0.4, 0.5) is 0 Å². The van der Waals surface area contributed by atoms with Gasteiger partial charge >= 0.3 is 0 Å². The minimum absolute atomic E-state index is 0.0107. The molecule has 2 rings (SSSR count). The van der Waals surface area contributed by atoms with Crippen molar-refractivity contribution in [1.82, 2.24) is 10.3 Å². The number of hydrogen-bond acceptors (Lipinski definition) is 4. The third kappa shape index (κ3) is 4.41. The van der Waals surface area contributed by atoms with Crippen molar-refractivity contribution in [1.29, 1.82) is 0 Å². The normalized spacial score (nSPS) is 13.3. The first kappa shape index (κ1) is 18.1. The molecule has 5 nitrogen and oxygen atoms in total. The van der Waals surface area contributed by atoms with Gasteiger partial charge in [-0.2, -0.15) is 0 Å². The van der Waals surface area contributed by atoms with E-state index in [1.54, 1.807) is 0 Å². The Kier molecular flexibility index (Phi) is 6.09. The average molecular weight is 345 g/mol. The zero-order valence-corrected chi connectivity index (χ0v) is 15.0. The zero-order valence-electron chi connectivity index (χ0n) is 14.2. The van der Waals surface area contributed by atoms with E-state index in [0.29, 0.717) is 17.0 Å². The number of hydrogen-bond donors (Lipinski definition) is 2. The average Bonchev–Trinajstić information content (AvgIpc) is 2.92. The first-order chi connectivity index (χ1) is 11.4. The third-order valence-corrected chi connectivity index (χ3v) is 5.21. The van der Waals surface area contributed by atoms with E-state index in [-0.39, 0.29) is 11.8 Å². The molecule has 0 aliphatic rings. The number of nitrogens with two attached hydrogens (primary N) is 1. The molecule has 0 fully saturated rings. The summed E-state index contributed by atoms with van der Waals surface area (Å²) in [6, 6.07) is 9.32. The summed E-state index contributed by atoms with van der Waals surface area (Å²) < 4.78 is 0. The summed E-state index contributed by atoms with van der Waals surface area (Å²) >= 11 is 1.36. The van der Waals surface area contributed by atoms with Crippen molar-refractivity contribution in [3.05, 3.63) is 51.5 Å². The first-order valence-electron chi connectivity index (χ1n) is 8.02. The molecule has 0 aliphatic heterocycles. The highest BCUT2D eigenvalue weighted by molar-refractivity contribution is 7.13. The molecule has 1 aromatic carbocycles. The Morgan fingerprint density at radius 1 is 1.29 bits per heavy atom. The van der Waals surface area contributed by atoms with Gasteiger partial charge in [-0.1, -0.05) is 50.6 Å². The number of benzene rings is 1. The lowest BCUT2D eigenvalue weighted by atomic mass is 9.98. The number of primary amides is 1. The third-order valence-electron chi connectivity index (χ3n) is 4.05. The quantitative estimate of drug-likeness (QED) is 0.809. The number of carbonyl (C=O) groups is 2. The predicted octanol–water partition coefficient (Wildman–Crippen LogP) is 2.67. The summed E-state index contributed by atoms with van der Waals surface area (Å²) in [5, 5.41) is 3.64. The molecule has 3 N–H and O–H groups in total. The summed E-state index contributed by atoms with van der Waals surface area (Å²) in [6.07, 6.45) is 1.44. The maximum absolute atomic E-state index is 12.5. The molecule has 2 amide bonds. The van der Waals surface area contributed by atoms with E-state index in [0.717, 1.165) is 17.0 Å². The molecule has 0 aliphatic carbocycles. The zero-order chi connectivity index (χ0) is 17.7. The van der Waals surface area contributed by atoms with Gasteiger partial charge in [0.2, 0.25) is 5.91 Å². The van der Waals surface area contributed by atoms with Crippen LogP contribution in [-0.2, 0) is 11.2 Å². The van der Waals surface area contributed by atoms with Crippen LogP contribution in [0, 0.1) is 12.8 Å². The molecule has 24 heavy (non-hydrogen) atoms. The Balaban J connectivity index is 2.14. The number of nitrogens with zero attached hydrogens (tertiary/aromatic N) is 1. The lowest BCUT2D eigenvalue weighted by Crippen LogP contribution is -2.48. The van der Waals surface area contributed by atoms with Gasteiger partial charge in [0.05, 0.1) is 10.7 Å². The number of aryl methyl sites for hydroxylation is 1. The Morgan fingerprint density at radius 2 is 1.96 bits per heavy atom. The minimum Gasteiger partial charge on any atom is -0.368 e. The Bertz CT molecular complexity index is 712. The fraction of sp³-hybridized carbons (Fsp3) is 0.389. The number of thiazole rings is 1. The van der Waals surface area contributed by atoms with E-state index in [9.17, 15) is 9.59 Å². The van der Waals surface area contributed by atoms with Crippen molar-refractivity contribution in [3.63, 3.8) is 0 Å². The second kappa shape index (κ2) is 8.06. The molecule has 0 saturated heterocycles. The summed E-state index contributed by atoms with van der Waals surface area (Å²) in [6.45, 7) is 5.67. The summed E-state index contributed by atoms with van der Waals surface area (Å²) in [7, 11) is 0. The second-order valence-electron chi connectivity index (χ2n) is 5.92. The van der Waals surface area contributed by atoms with E-state index in [1.807, 2.05) is 51.1 Å². The van der Waals surface area contributed by atoms with Gasteiger partial charge in [-0.3, -0.25) is 9.59 Å². The van der Waals surface area contributed by atoms with Crippen LogP contribution in [0.5, 0.6) is 0 Å². The van der Waals surface area contributed by atoms with Crippen LogP contribution < -0.4 is 11.1 Å². The fourth-order valence-electron chi connectivity index (χ4n) is 2.45. The van der Waals surface area contributed by atoms with Crippen LogP contribution in [0.25, 0.3) is 0 Å². The van der Waals surface area contributed by atoms with Crippen molar-refractivity contribution in [2.24, 2.45) is 11.7 Å². The lowest BCUT2D eigenvalue weighted by Gasteiger charge is -2.20. The molecule has 0 radical (unpaired) electrons. The lowest BCUT2D eigenvalue weighted by molar-refractivity contribution is -0.120.